The lowest BCUT2D eigenvalue weighted by Crippen LogP contribution is -2.24. The highest BCUT2D eigenvalue weighted by atomic mass is 32.2. The quantitative estimate of drug-likeness (QED) is 0.846. The zero-order chi connectivity index (χ0) is 15.4. The van der Waals surface area contributed by atoms with Crippen molar-refractivity contribution >= 4 is 21.8 Å². The second-order valence-corrected chi connectivity index (χ2v) is 7.37. The van der Waals surface area contributed by atoms with Gasteiger partial charge in [-0.2, -0.15) is 0 Å². The van der Waals surface area contributed by atoms with Gasteiger partial charge in [0.1, 0.15) is 11.3 Å². The van der Waals surface area contributed by atoms with E-state index in [9.17, 15) is 4.21 Å². The Labute approximate surface area is 129 Å². The summed E-state index contributed by atoms with van der Waals surface area (Å²) in [7, 11) is -0.751. The molecule has 0 aliphatic carbocycles. The summed E-state index contributed by atoms with van der Waals surface area (Å²) in [6, 6.07) is 8.37. The highest BCUT2D eigenvalue weighted by molar-refractivity contribution is 7.84. The summed E-state index contributed by atoms with van der Waals surface area (Å²) in [5.74, 6) is 1.03. The van der Waals surface area contributed by atoms with E-state index in [2.05, 4.69) is 31.3 Å². The maximum Gasteiger partial charge on any atom is 0.134 e. The maximum atomic E-state index is 11.4. The predicted molar refractivity (Wildman–Crippen MR) is 90.2 cm³/mol. The van der Waals surface area contributed by atoms with E-state index in [1.54, 1.807) is 6.26 Å². The Hall–Kier alpha value is -1.13. The highest BCUT2D eigenvalue weighted by Crippen LogP contribution is 2.30. The molecule has 0 radical (unpaired) electrons. The largest absolute Gasteiger partial charge is 0.459 e. The number of nitrogens with one attached hydrogen (secondary N) is 1. The maximum absolute atomic E-state index is 11.4. The van der Waals surface area contributed by atoms with Crippen LogP contribution >= 0.6 is 0 Å². The number of para-hydroxylation sites is 1. The normalized spacial score (nSPS) is 16.0. The molecule has 0 saturated heterocycles. The van der Waals surface area contributed by atoms with Crippen molar-refractivity contribution in [3.8, 4) is 0 Å². The summed E-state index contributed by atoms with van der Waals surface area (Å²) in [6.07, 6.45) is 3.64. The zero-order valence-electron chi connectivity index (χ0n) is 13.3. The molecule has 0 spiro atoms. The van der Waals surface area contributed by atoms with Crippen LogP contribution in [0.1, 0.15) is 44.6 Å². The molecule has 0 fully saturated rings. The molecular weight excluding hydrogens is 282 g/mol. The third-order valence-corrected chi connectivity index (χ3v) is 5.41. The molecule has 1 aromatic heterocycles. The molecule has 21 heavy (non-hydrogen) atoms. The summed E-state index contributed by atoms with van der Waals surface area (Å²) in [5.41, 5.74) is 2.25. The van der Waals surface area contributed by atoms with E-state index in [4.69, 9.17) is 4.42 Å². The van der Waals surface area contributed by atoms with Crippen LogP contribution in [-0.4, -0.2) is 22.3 Å². The van der Waals surface area contributed by atoms with Crippen LogP contribution < -0.4 is 5.32 Å². The molecule has 1 N–H and O–H groups in total. The second-order valence-electron chi connectivity index (χ2n) is 5.57. The van der Waals surface area contributed by atoms with Crippen molar-refractivity contribution in [2.75, 3.05) is 12.8 Å². The molecule has 3 atom stereocenters. The summed E-state index contributed by atoms with van der Waals surface area (Å²) >= 11 is 0. The number of rotatable bonds is 7. The van der Waals surface area contributed by atoms with Crippen LogP contribution in [0.25, 0.3) is 11.0 Å². The van der Waals surface area contributed by atoms with Gasteiger partial charge in [0.2, 0.25) is 0 Å². The van der Waals surface area contributed by atoms with Crippen molar-refractivity contribution in [1.82, 2.24) is 5.32 Å². The number of aryl methyl sites for hydroxylation is 1. The number of hydrogen-bond donors (Lipinski definition) is 1. The molecular formula is C17H25NO2S. The monoisotopic (exact) mass is 307 g/mol. The average Bonchev–Trinajstić information content (AvgIpc) is 2.85. The first-order valence-electron chi connectivity index (χ1n) is 7.60. The van der Waals surface area contributed by atoms with Crippen LogP contribution in [0.2, 0.25) is 0 Å². The lowest BCUT2D eigenvalue weighted by Gasteiger charge is -2.15. The molecule has 2 aromatic rings. The zero-order valence-corrected chi connectivity index (χ0v) is 14.1. The molecule has 0 aliphatic rings. The molecule has 3 nitrogen and oxygen atoms in total. The fraction of sp³-hybridized carbons (Fsp3) is 0.529. The van der Waals surface area contributed by atoms with Crippen molar-refractivity contribution in [3.63, 3.8) is 0 Å². The van der Waals surface area contributed by atoms with Gasteiger partial charge in [-0.1, -0.05) is 32.0 Å². The van der Waals surface area contributed by atoms with Crippen LogP contribution in [0, 0.1) is 0 Å². The van der Waals surface area contributed by atoms with Gasteiger partial charge in [0.25, 0.3) is 0 Å². The number of benzene rings is 1. The first-order chi connectivity index (χ1) is 10.0. The Kier molecular flexibility index (Phi) is 5.59. The third-order valence-electron chi connectivity index (χ3n) is 4.04. The fourth-order valence-corrected chi connectivity index (χ4v) is 3.04. The smallest absolute Gasteiger partial charge is 0.134 e. The van der Waals surface area contributed by atoms with Gasteiger partial charge in [-0.15, -0.1) is 0 Å². The van der Waals surface area contributed by atoms with Crippen molar-refractivity contribution in [2.24, 2.45) is 0 Å². The van der Waals surface area contributed by atoms with Crippen LogP contribution in [-0.2, 0) is 17.2 Å². The van der Waals surface area contributed by atoms with Gasteiger partial charge < -0.3 is 9.73 Å². The van der Waals surface area contributed by atoms with Gasteiger partial charge >= 0.3 is 0 Å². The molecule has 116 valence electrons. The van der Waals surface area contributed by atoms with Crippen molar-refractivity contribution in [2.45, 2.75) is 44.9 Å². The third kappa shape index (κ3) is 3.74. The molecule has 0 saturated carbocycles. The molecule has 0 bridgehead atoms. The Balaban J connectivity index is 2.08. The van der Waals surface area contributed by atoms with E-state index in [0.29, 0.717) is 0 Å². The number of hydrogen-bond acceptors (Lipinski definition) is 3. The van der Waals surface area contributed by atoms with Crippen molar-refractivity contribution in [1.29, 1.82) is 0 Å². The van der Waals surface area contributed by atoms with E-state index in [1.807, 2.05) is 19.1 Å². The van der Waals surface area contributed by atoms with E-state index in [-0.39, 0.29) is 11.3 Å². The highest BCUT2D eigenvalue weighted by Gasteiger charge is 2.18. The molecule has 4 heteroatoms. The lowest BCUT2D eigenvalue weighted by molar-refractivity contribution is 0.443. The first-order valence-corrected chi connectivity index (χ1v) is 9.22. The molecule has 3 unspecified atom stereocenters. The number of fused-ring (bicyclic) bond motifs is 1. The van der Waals surface area contributed by atoms with Gasteiger partial charge in [0.15, 0.2) is 0 Å². The second kappa shape index (κ2) is 7.23. The van der Waals surface area contributed by atoms with Gasteiger partial charge in [-0.05, 0) is 32.4 Å². The van der Waals surface area contributed by atoms with Gasteiger partial charge in [-0.3, -0.25) is 4.21 Å². The Bertz CT molecular complexity index is 620. The fourth-order valence-electron chi connectivity index (χ4n) is 2.59. The minimum Gasteiger partial charge on any atom is -0.459 e. The standard InChI is InChI=1S/C17H25NO2S/c1-5-14-15-8-6-7-9-16(15)20-17(14)13(3)18-11-10-12(2)21(4)19/h6-9,12-13,18H,5,10-11H2,1-4H3. The Morgan fingerprint density at radius 3 is 2.67 bits per heavy atom. The van der Waals surface area contributed by atoms with E-state index >= 15 is 0 Å². The number of furan rings is 1. The summed E-state index contributed by atoms with van der Waals surface area (Å²) in [6.45, 7) is 7.17. The van der Waals surface area contributed by atoms with E-state index in [1.165, 1.54) is 10.9 Å². The summed E-state index contributed by atoms with van der Waals surface area (Å²) in [5, 5.41) is 4.93. The van der Waals surface area contributed by atoms with Crippen molar-refractivity contribution < 1.29 is 8.63 Å². The lowest BCUT2D eigenvalue weighted by atomic mass is 10.0. The minimum absolute atomic E-state index is 0.171. The van der Waals surface area contributed by atoms with E-state index in [0.717, 1.165) is 30.7 Å². The van der Waals surface area contributed by atoms with Crippen LogP contribution in [0.5, 0.6) is 0 Å². The van der Waals surface area contributed by atoms with E-state index < -0.39 is 10.8 Å². The van der Waals surface area contributed by atoms with Crippen LogP contribution in [0.3, 0.4) is 0 Å². The summed E-state index contributed by atoms with van der Waals surface area (Å²) in [4.78, 5) is 0. The molecule has 1 aromatic carbocycles. The first kappa shape index (κ1) is 16.2. The Morgan fingerprint density at radius 2 is 2.00 bits per heavy atom. The molecule has 2 rings (SSSR count). The van der Waals surface area contributed by atoms with Crippen LogP contribution in [0.4, 0.5) is 0 Å². The van der Waals surface area contributed by atoms with Gasteiger partial charge in [-0.25, -0.2) is 0 Å². The minimum atomic E-state index is -0.751. The average molecular weight is 307 g/mol. The molecule has 0 aliphatic heterocycles. The SMILES string of the molecule is CCc1c(C(C)NCCC(C)S(C)=O)oc2ccccc12. The van der Waals surface area contributed by atoms with Gasteiger partial charge in [0.05, 0.1) is 6.04 Å². The van der Waals surface area contributed by atoms with Crippen molar-refractivity contribution in [3.05, 3.63) is 35.6 Å². The molecule has 0 amide bonds. The predicted octanol–water partition coefficient (Wildman–Crippen LogP) is 3.80. The Morgan fingerprint density at radius 1 is 1.29 bits per heavy atom. The topological polar surface area (TPSA) is 42.2 Å². The van der Waals surface area contributed by atoms with Gasteiger partial charge in [0, 0.05) is 33.3 Å². The summed E-state index contributed by atoms with van der Waals surface area (Å²) < 4.78 is 17.4. The molecule has 1 heterocycles. The van der Waals surface area contributed by atoms with Crippen LogP contribution in [0.15, 0.2) is 28.7 Å².